The normalized spacial score (nSPS) is 22.5. The lowest BCUT2D eigenvalue weighted by atomic mass is 9.92. The first-order valence-electron chi connectivity index (χ1n) is 6.62. The number of hydrogen-bond acceptors (Lipinski definition) is 5. The second-order valence-corrected chi connectivity index (χ2v) is 4.82. The summed E-state index contributed by atoms with van der Waals surface area (Å²) in [5.41, 5.74) is 0.910. The Bertz CT molecular complexity index is 527. The predicted molar refractivity (Wildman–Crippen MR) is 74.9 cm³/mol. The number of rotatable bonds is 5. The van der Waals surface area contributed by atoms with E-state index in [1.54, 1.807) is 7.11 Å². The van der Waals surface area contributed by atoms with Crippen molar-refractivity contribution >= 4 is 11.9 Å². The quantitative estimate of drug-likeness (QED) is 0.602. The van der Waals surface area contributed by atoms with Crippen LogP contribution in [0, 0.1) is 0 Å². The van der Waals surface area contributed by atoms with Gasteiger partial charge in [-0.05, 0) is 24.6 Å². The molecular weight excluding hydrogens is 274 g/mol. The number of likely N-dealkylation sites (tertiary alicyclic amines) is 1. The van der Waals surface area contributed by atoms with E-state index in [9.17, 15) is 9.59 Å². The van der Waals surface area contributed by atoms with E-state index in [0.717, 1.165) is 11.3 Å². The molecule has 1 aliphatic rings. The van der Waals surface area contributed by atoms with Crippen LogP contribution in [0.1, 0.15) is 18.5 Å². The lowest BCUT2D eigenvalue weighted by Gasteiger charge is -2.47. The molecule has 0 radical (unpaired) electrons. The Kier molecular flexibility index (Phi) is 4.47. The van der Waals surface area contributed by atoms with Gasteiger partial charge < -0.3 is 19.1 Å². The van der Waals surface area contributed by atoms with E-state index in [2.05, 4.69) is 0 Å². The smallest absolute Gasteiger partial charge is 0.331 e. The third-order valence-electron chi connectivity index (χ3n) is 3.80. The van der Waals surface area contributed by atoms with Crippen LogP contribution in [0.2, 0.25) is 0 Å². The van der Waals surface area contributed by atoms with Gasteiger partial charge in [-0.1, -0.05) is 12.1 Å². The van der Waals surface area contributed by atoms with E-state index < -0.39 is 18.1 Å². The number of ether oxygens (including phenoxy) is 3. The maximum absolute atomic E-state index is 12.1. The summed E-state index contributed by atoms with van der Waals surface area (Å²) in [5.74, 6) is 0.0539. The van der Waals surface area contributed by atoms with Crippen LogP contribution in [0.25, 0.3) is 0 Å². The molecule has 1 amide bonds. The summed E-state index contributed by atoms with van der Waals surface area (Å²) < 4.78 is 14.9. The van der Waals surface area contributed by atoms with Gasteiger partial charge in [0.15, 0.2) is 12.1 Å². The molecule has 114 valence electrons. The van der Waals surface area contributed by atoms with Gasteiger partial charge in [0.05, 0.1) is 20.3 Å². The van der Waals surface area contributed by atoms with Crippen LogP contribution in [0.5, 0.6) is 5.75 Å². The van der Waals surface area contributed by atoms with Gasteiger partial charge in [0.25, 0.3) is 5.91 Å². The topological polar surface area (TPSA) is 65.1 Å². The third-order valence-corrected chi connectivity index (χ3v) is 3.80. The first-order chi connectivity index (χ1) is 10.0. The zero-order valence-electron chi connectivity index (χ0n) is 12.5. The van der Waals surface area contributed by atoms with E-state index in [-0.39, 0.29) is 11.9 Å². The maximum atomic E-state index is 12.1. The molecule has 0 unspecified atom stereocenters. The van der Waals surface area contributed by atoms with Crippen molar-refractivity contribution in [3.8, 4) is 5.75 Å². The highest BCUT2D eigenvalue weighted by Crippen LogP contribution is 2.34. The predicted octanol–water partition coefficient (Wildman–Crippen LogP) is 1.15. The van der Waals surface area contributed by atoms with Gasteiger partial charge in [-0.25, -0.2) is 4.79 Å². The summed E-state index contributed by atoms with van der Waals surface area (Å²) in [6.07, 6.45) is -0.766. The molecule has 0 aliphatic carbocycles. The fourth-order valence-electron chi connectivity index (χ4n) is 2.55. The summed E-state index contributed by atoms with van der Waals surface area (Å²) in [4.78, 5) is 25.5. The number of hydrogen-bond donors (Lipinski definition) is 0. The van der Waals surface area contributed by atoms with Crippen LogP contribution >= 0.6 is 0 Å². The molecule has 21 heavy (non-hydrogen) atoms. The summed E-state index contributed by atoms with van der Waals surface area (Å²) >= 11 is 0. The van der Waals surface area contributed by atoms with Crippen molar-refractivity contribution in [3.05, 3.63) is 29.8 Å². The summed E-state index contributed by atoms with van der Waals surface area (Å²) in [6.45, 7) is 1.86. The number of β-lactam (4-membered cyclic amide) rings is 1. The van der Waals surface area contributed by atoms with Crippen LogP contribution in [0.3, 0.4) is 0 Å². The number of nitrogens with zero attached hydrogens (tertiary/aromatic N) is 1. The molecule has 1 saturated heterocycles. The third kappa shape index (κ3) is 2.58. The number of benzene rings is 1. The summed E-state index contributed by atoms with van der Waals surface area (Å²) in [7, 11) is 4.30. The van der Waals surface area contributed by atoms with Gasteiger partial charge in [0, 0.05) is 7.11 Å². The molecule has 1 aromatic rings. The average molecular weight is 293 g/mol. The molecule has 1 aliphatic heterocycles. The molecule has 0 spiro atoms. The molecule has 1 heterocycles. The average Bonchev–Trinajstić information content (AvgIpc) is 2.52. The van der Waals surface area contributed by atoms with E-state index >= 15 is 0 Å². The van der Waals surface area contributed by atoms with Crippen molar-refractivity contribution in [3.63, 3.8) is 0 Å². The Balaban J connectivity index is 2.21. The zero-order valence-corrected chi connectivity index (χ0v) is 12.5. The molecule has 1 aromatic carbocycles. The Morgan fingerprint density at radius 1 is 1.19 bits per heavy atom. The molecular formula is C15H19NO5. The van der Waals surface area contributed by atoms with Gasteiger partial charge in [-0.15, -0.1) is 0 Å². The van der Waals surface area contributed by atoms with Gasteiger partial charge in [-0.3, -0.25) is 4.79 Å². The first kappa shape index (κ1) is 15.3. The SMILES string of the molecule is COC(=O)[C@@H]1[C@H](OC)C(=O)N1[C@H](C)c1ccc(OC)cc1. The molecule has 0 bridgehead atoms. The second-order valence-electron chi connectivity index (χ2n) is 4.82. The number of methoxy groups -OCH3 is 3. The Morgan fingerprint density at radius 3 is 2.29 bits per heavy atom. The standard InChI is InChI=1S/C15H19NO5/c1-9(10-5-7-11(19-2)8-6-10)16-12(15(18)21-4)13(20-3)14(16)17/h5-9,12-13H,1-4H3/t9-,12+,13+/m1/s1. The van der Waals surface area contributed by atoms with Crippen molar-refractivity contribution < 1.29 is 23.8 Å². The van der Waals surface area contributed by atoms with Crippen molar-refractivity contribution in [1.29, 1.82) is 0 Å². The highest BCUT2D eigenvalue weighted by atomic mass is 16.5. The highest BCUT2D eigenvalue weighted by Gasteiger charge is 2.54. The maximum Gasteiger partial charge on any atom is 0.331 e. The Morgan fingerprint density at radius 2 is 1.81 bits per heavy atom. The summed E-state index contributed by atoms with van der Waals surface area (Å²) in [5, 5.41) is 0. The monoisotopic (exact) mass is 293 g/mol. The molecule has 6 nitrogen and oxygen atoms in total. The highest BCUT2D eigenvalue weighted by molar-refractivity contribution is 5.99. The lowest BCUT2D eigenvalue weighted by molar-refractivity contribution is -0.188. The molecule has 0 N–H and O–H groups in total. The first-order valence-corrected chi connectivity index (χ1v) is 6.62. The molecule has 1 fully saturated rings. The Labute approximate surface area is 123 Å². The van der Waals surface area contributed by atoms with Crippen LogP contribution in [-0.2, 0) is 19.1 Å². The molecule has 0 aromatic heterocycles. The van der Waals surface area contributed by atoms with Crippen LogP contribution < -0.4 is 4.74 Å². The van der Waals surface area contributed by atoms with E-state index in [1.165, 1.54) is 19.1 Å². The molecule has 6 heteroatoms. The number of amides is 1. The van der Waals surface area contributed by atoms with Crippen LogP contribution in [-0.4, -0.2) is 50.3 Å². The lowest BCUT2D eigenvalue weighted by Crippen LogP contribution is -2.69. The van der Waals surface area contributed by atoms with Gasteiger partial charge >= 0.3 is 5.97 Å². The van der Waals surface area contributed by atoms with Crippen molar-refractivity contribution in [1.82, 2.24) is 4.90 Å². The van der Waals surface area contributed by atoms with Crippen molar-refractivity contribution in [2.24, 2.45) is 0 Å². The zero-order chi connectivity index (χ0) is 15.6. The largest absolute Gasteiger partial charge is 0.497 e. The second kappa shape index (κ2) is 6.13. The van der Waals surface area contributed by atoms with E-state index in [4.69, 9.17) is 14.2 Å². The van der Waals surface area contributed by atoms with E-state index in [1.807, 2.05) is 31.2 Å². The van der Waals surface area contributed by atoms with Crippen molar-refractivity contribution in [2.45, 2.75) is 25.1 Å². The van der Waals surface area contributed by atoms with Crippen molar-refractivity contribution in [2.75, 3.05) is 21.3 Å². The number of esters is 1. The number of carbonyl (C=O) groups excluding carboxylic acids is 2. The molecule has 2 rings (SSSR count). The molecule has 0 saturated carbocycles. The fourth-order valence-corrected chi connectivity index (χ4v) is 2.55. The van der Waals surface area contributed by atoms with Gasteiger partial charge in [0.1, 0.15) is 5.75 Å². The van der Waals surface area contributed by atoms with Crippen LogP contribution in [0.4, 0.5) is 0 Å². The fraction of sp³-hybridized carbons (Fsp3) is 0.467. The van der Waals surface area contributed by atoms with E-state index in [0.29, 0.717) is 0 Å². The minimum Gasteiger partial charge on any atom is -0.497 e. The minimum atomic E-state index is -0.766. The van der Waals surface area contributed by atoms with Gasteiger partial charge in [-0.2, -0.15) is 0 Å². The molecule has 3 atom stereocenters. The van der Waals surface area contributed by atoms with Crippen LogP contribution in [0.15, 0.2) is 24.3 Å². The minimum absolute atomic E-state index is 0.212. The summed E-state index contributed by atoms with van der Waals surface area (Å²) in [6, 6.07) is 6.41. The van der Waals surface area contributed by atoms with Gasteiger partial charge in [0.2, 0.25) is 0 Å². The Hall–Kier alpha value is -2.08. The number of carbonyl (C=O) groups is 2.